The van der Waals surface area contributed by atoms with Gasteiger partial charge in [-0.3, -0.25) is 4.79 Å². The SMILES string of the molecule is Cc1nc(C(=O)N2CCOCC2)c2cc(C3CCC(C)(C)CC3)sc2n1. The third kappa shape index (κ3) is 3.49. The molecule has 0 aromatic carbocycles. The molecular formula is C20H27N3O2S. The normalized spacial score (nSPS) is 21.3. The average Bonchev–Trinajstić information content (AvgIpc) is 3.04. The Balaban J connectivity index is 1.66. The van der Waals surface area contributed by atoms with Crippen molar-refractivity contribution in [2.24, 2.45) is 5.41 Å². The predicted octanol–water partition coefficient (Wildman–Crippen LogP) is 4.16. The first-order valence-electron chi connectivity index (χ1n) is 9.58. The van der Waals surface area contributed by atoms with E-state index in [9.17, 15) is 4.79 Å². The maximum Gasteiger partial charge on any atom is 0.273 e. The Labute approximate surface area is 158 Å². The summed E-state index contributed by atoms with van der Waals surface area (Å²) in [7, 11) is 0. The molecule has 0 atom stereocenters. The average molecular weight is 374 g/mol. The summed E-state index contributed by atoms with van der Waals surface area (Å²) in [5, 5.41) is 0.928. The molecule has 4 rings (SSSR count). The lowest BCUT2D eigenvalue weighted by atomic mass is 9.73. The zero-order valence-electron chi connectivity index (χ0n) is 15.9. The molecule has 0 radical (unpaired) electrons. The van der Waals surface area contributed by atoms with E-state index in [1.165, 1.54) is 30.6 Å². The molecule has 140 valence electrons. The molecule has 26 heavy (non-hydrogen) atoms. The van der Waals surface area contributed by atoms with Crippen LogP contribution >= 0.6 is 11.3 Å². The highest BCUT2D eigenvalue weighted by atomic mass is 32.1. The van der Waals surface area contributed by atoms with Gasteiger partial charge in [0.25, 0.3) is 5.91 Å². The van der Waals surface area contributed by atoms with Crippen LogP contribution in [0.5, 0.6) is 0 Å². The van der Waals surface area contributed by atoms with Crippen molar-refractivity contribution in [1.29, 1.82) is 0 Å². The number of rotatable bonds is 2. The Morgan fingerprint density at radius 1 is 1.23 bits per heavy atom. The molecule has 2 aromatic heterocycles. The van der Waals surface area contributed by atoms with Gasteiger partial charge in [-0.15, -0.1) is 11.3 Å². The second kappa shape index (κ2) is 6.89. The first-order chi connectivity index (χ1) is 12.4. The van der Waals surface area contributed by atoms with Crippen LogP contribution in [0.1, 0.15) is 66.6 Å². The van der Waals surface area contributed by atoms with Crippen molar-refractivity contribution >= 4 is 27.5 Å². The summed E-state index contributed by atoms with van der Waals surface area (Å²) in [6.07, 6.45) is 4.96. The van der Waals surface area contributed by atoms with E-state index >= 15 is 0 Å². The molecule has 1 aliphatic carbocycles. The number of hydrogen-bond acceptors (Lipinski definition) is 5. The molecule has 6 heteroatoms. The summed E-state index contributed by atoms with van der Waals surface area (Å²) in [5.41, 5.74) is 1.02. The number of aryl methyl sites for hydroxylation is 1. The van der Waals surface area contributed by atoms with Crippen LogP contribution in [0.25, 0.3) is 10.2 Å². The van der Waals surface area contributed by atoms with Crippen LogP contribution in [0.15, 0.2) is 6.07 Å². The molecule has 0 bridgehead atoms. The van der Waals surface area contributed by atoms with Crippen LogP contribution < -0.4 is 0 Å². The zero-order chi connectivity index (χ0) is 18.3. The fourth-order valence-corrected chi connectivity index (χ4v) is 5.26. The Kier molecular flexibility index (Phi) is 4.73. The fourth-order valence-electron chi connectivity index (χ4n) is 4.01. The van der Waals surface area contributed by atoms with E-state index in [4.69, 9.17) is 4.74 Å². The van der Waals surface area contributed by atoms with Gasteiger partial charge < -0.3 is 9.64 Å². The smallest absolute Gasteiger partial charge is 0.273 e. The number of amides is 1. The maximum absolute atomic E-state index is 13.0. The van der Waals surface area contributed by atoms with Crippen LogP contribution in [0.2, 0.25) is 0 Å². The van der Waals surface area contributed by atoms with Crippen LogP contribution in [0.4, 0.5) is 0 Å². The van der Waals surface area contributed by atoms with Crippen molar-refractivity contribution in [3.05, 3.63) is 22.5 Å². The van der Waals surface area contributed by atoms with Gasteiger partial charge >= 0.3 is 0 Å². The summed E-state index contributed by atoms with van der Waals surface area (Å²) in [6, 6.07) is 2.19. The number of aromatic nitrogens is 2. The minimum atomic E-state index is 0.0120. The second-order valence-electron chi connectivity index (χ2n) is 8.33. The number of fused-ring (bicyclic) bond motifs is 1. The maximum atomic E-state index is 13.0. The molecule has 0 unspecified atom stereocenters. The van der Waals surface area contributed by atoms with E-state index in [0.717, 1.165) is 10.2 Å². The highest BCUT2D eigenvalue weighted by Gasteiger charge is 2.30. The van der Waals surface area contributed by atoms with E-state index < -0.39 is 0 Å². The van der Waals surface area contributed by atoms with Gasteiger partial charge in [0.1, 0.15) is 16.3 Å². The van der Waals surface area contributed by atoms with Gasteiger partial charge in [-0.05, 0) is 50.0 Å². The molecule has 2 aliphatic rings. The summed E-state index contributed by atoms with van der Waals surface area (Å²) < 4.78 is 5.37. The van der Waals surface area contributed by atoms with Crippen molar-refractivity contribution < 1.29 is 9.53 Å². The molecule has 5 nitrogen and oxygen atoms in total. The van der Waals surface area contributed by atoms with Crippen LogP contribution in [0, 0.1) is 12.3 Å². The van der Waals surface area contributed by atoms with Gasteiger partial charge in [-0.2, -0.15) is 0 Å². The molecule has 1 aliphatic heterocycles. The van der Waals surface area contributed by atoms with Gasteiger partial charge in [0, 0.05) is 23.4 Å². The molecule has 1 saturated heterocycles. The number of morpholine rings is 1. The Morgan fingerprint density at radius 2 is 1.92 bits per heavy atom. The quantitative estimate of drug-likeness (QED) is 0.793. The third-order valence-corrected chi connectivity index (χ3v) is 6.96. The van der Waals surface area contributed by atoms with Crippen LogP contribution in [-0.2, 0) is 4.74 Å². The summed E-state index contributed by atoms with van der Waals surface area (Å²) in [4.78, 5) is 26.3. The topological polar surface area (TPSA) is 55.3 Å². The standard InChI is InChI=1S/C20H27N3O2S/c1-13-21-17(19(24)23-8-10-25-11-9-23)15-12-16(26-18(15)22-13)14-4-6-20(2,3)7-5-14/h12,14H,4-11H2,1-3H3. The molecule has 1 amide bonds. The first kappa shape index (κ1) is 17.9. The van der Waals surface area contributed by atoms with E-state index in [-0.39, 0.29) is 5.91 Å². The zero-order valence-corrected chi connectivity index (χ0v) is 16.7. The Hall–Kier alpha value is -1.53. The lowest BCUT2D eigenvalue weighted by Gasteiger charge is -2.33. The summed E-state index contributed by atoms with van der Waals surface area (Å²) in [6.45, 7) is 9.08. The molecule has 2 aromatic rings. The number of carbonyl (C=O) groups excluding carboxylic acids is 1. The number of ether oxygens (including phenoxy) is 1. The lowest BCUT2D eigenvalue weighted by Crippen LogP contribution is -2.41. The van der Waals surface area contributed by atoms with Crippen molar-refractivity contribution in [2.45, 2.75) is 52.4 Å². The van der Waals surface area contributed by atoms with Crippen LogP contribution in [0.3, 0.4) is 0 Å². The minimum absolute atomic E-state index is 0.0120. The Morgan fingerprint density at radius 3 is 2.62 bits per heavy atom. The molecule has 3 heterocycles. The first-order valence-corrected chi connectivity index (χ1v) is 10.4. The highest BCUT2D eigenvalue weighted by Crippen LogP contribution is 2.45. The molecule has 0 N–H and O–H groups in total. The summed E-state index contributed by atoms with van der Waals surface area (Å²) >= 11 is 1.75. The number of hydrogen-bond donors (Lipinski definition) is 0. The van der Waals surface area contributed by atoms with E-state index in [1.54, 1.807) is 11.3 Å². The number of nitrogens with zero attached hydrogens (tertiary/aromatic N) is 3. The molecular weight excluding hydrogens is 346 g/mol. The van der Waals surface area contributed by atoms with Gasteiger partial charge in [-0.25, -0.2) is 9.97 Å². The molecule has 0 spiro atoms. The second-order valence-corrected chi connectivity index (χ2v) is 9.39. The van der Waals surface area contributed by atoms with E-state index in [0.29, 0.717) is 49.2 Å². The molecule has 2 fully saturated rings. The molecule has 1 saturated carbocycles. The van der Waals surface area contributed by atoms with Gasteiger partial charge in [-0.1, -0.05) is 13.8 Å². The van der Waals surface area contributed by atoms with E-state index in [2.05, 4.69) is 29.9 Å². The highest BCUT2D eigenvalue weighted by molar-refractivity contribution is 7.18. The monoisotopic (exact) mass is 373 g/mol. The van der Waals surface area contributed by atoms with E-state index in [1.807, 2.05) is 11.8 Å². The van der Waals surface area contributed by atoms with Crippen molar-refractivity contribution in [2.75, 3.05) is 26.3 Å². The van der Waals surface area contributed by atoms with Gasteiger partial charge in [0.15, 0.2) is 0 Å². The number of thiophene rings is 1. The van der Waals surface area contributed by atoms with Crippen molar-refractivity contribution in [1.82, 2.24) is 14.9 Å². The number of carbonyl (C=O) groups is 1. The van der Waals surface area contributed by atoms with Crippen LogP contribution in [-0.4, -0.2) is 47.1 Å². The largest absolute Gasteiger partial charge is 0.378 e. The Bertz CT molecular complexity index is 814. The lowest BCUT2D eigenvalue weighted by molar-refractivity contribution is 0.0300. The van der Waals surface area contributed by atoms with Gasteiger partial charge in [0.2, 0.25) is 0 Å². The summed E-state index contributed by atoms with van der Waals surface area (Å²) in [5.74, 6) is 1.28. The third-order valence-electron chi connectivity index (χ3n) is 5.77. The van der Waals surface area contributed by atoms with Crippen molar-refractivity contribution in [3.63, 3.8) is 0 Å². The minimum Gasteiger partial charge on any atom is -0.378 e. The van der Waals surface area contributed by atoms with Gasteiger partial charge in [0.05, 0.1) is 13.2 Å². The predicted molar refractivity (Wildman–Crippen MR) is 104 cm³/mol. The van der Waals surface area contributed by atoms with Crippen molar-refractivity contribution in [3.8, 4) is 0 Å². The fraction of sp³-hybridized carbons (Fsp3) is 0.650.